The fraction of sp³-hybridized carbons (Fsp3) is 0.188. The van der Waals surface area contributed by atoms with Crippen LogP contribution in [0.2, 0.25) is 0 Å². The van der Waals surface area contributed by atoms with E-state index in [-0.39, 0.29) is 17.3 Å². The first-order chi connectivity index (χ1) is 10.8. The van der Waals surface area contributed by atoms with E-state index in [1.165, 1.54) is 6.26 Å². The summed E-state index contributed by atoms with van der Waals surface area (Å²) in [6, 6.07) is 12.3. The molecule has 0 aromatic heterocycles. The van der Waals surface area contributed by atoms with E-state index in [1.807, 2.05) is 18.2 Å². The molecule has 2 aromatic carbocycles. The minimum absolute atomic E-state index is 0.0371. The van der Waals surface area contributed by atoms with Crippen molar-refractivity contribution in [3.8, 4) is 0 Å². The van der Waals surface area contributed by atoms with Crippen LogP contribution in [0.5, 0.6) is 0 Å². The Labute approximate surface area is 144 Å². The topological polar surface area (TPSA) is 75.3 Å². The highest BCUT2D eigenvalue weighted by atomic mass is 79.9. The lowest BCUT2D eigenvalue weighted by atomic mass is 10.2. The van der Waals surface area contributed by atoms with Crippen molar-refractivity contribution in [2.24, 2.45) is 0 Å². The molecule has 0 radical (unpaired) electrons. The zero-order chi connectivity index (χ0) is 17.0. The molecule has 5 nitrogen and oxygen atoms in total. The SMILES string of the molecule is Cc1c(NCC(=O)Nc2ccccc2Br)cccc1S(C)(=O)=O. The molecule has 23 heavy (non-hydrogen) atoms. The summed E-state index contributed by atoms with van der Waals surface area (Å²) in [6.07, 6.45) is 1.17. The molecule has 2 rings (SSSR count). The summed E-state index contributed by atoms with van der Waals surface area (Å²) >= 11 is 3.36. The van der Waals surface area contributed by atoms with Gasteiger partial charge in [0.2, 0.25) is 5.91 Å². The van der Waals surface area contributed by atoms with Gasteiger partial charge in [-0.05, 0) is 52.7 Å². The van der Waals surface area contributed by atoms with E-state index in [2.05, 4.69) is 26.6 Å². The standard InChI is InChI=1S/C16H17BrN2O3S/c1-11-13(8-5-9-15(11)23(2,21)22)18-10-16(20)19-14-7-4-3-6-12(14)17/h3-9,18H,10H2,1-2H3,(H,19,20). The molecule has 0 atom stereocenters. The molecule has 0 aliphatic heterocycles. The Kier molecular flexibility index (Phi) is 5.43. The van der Waals surface area contributed by atoms with Crippen molar-refractivity contribution >= 4 is 43.0 Å². The molecular formula is C16H17BrN2O3S. The van der Waals surface area contributed by atoms with Gasteiger partial charge in [-0.25, -0.2) is 8.42 Å². The first-order valence-electron chi connectivity index (χ1n) is 6.87. The quantitative estimate of drug-likeness (QED) is 0.813. The first kappa shape index (κ1) is 17.5. The van der Waals surface area contributed by atoms with E-state index in [1.54, 1.807) is 31.2 Å². The third-order valence-corrected chi connectivity index (χ3v) is 5.20. The molecule has 0 bridgehead atoms. The first-order valence-corrected chi connectivity index (χ1v) is 9.55. The maximum atomic E-state index is 12.0. The number of para-hydroxylation sites is 1. The fourth-order valence-corrected chi connectivity index (χ4v) is 3.52. The molecule has 0 aliphatic carbocycles. The summed E-state index contributed by atoms with van der Waals surface area (Å²) in [5.41, 5.74) is 1.90. The highest BCUT2D eigenvalue weighted by molar-refractivity contribution is 9.10. The second kappa shape index (κ2) is 7.14. The Morgan fingerprint density at radius 3 is 2.39 bits per heavy atom. The number of carbonyl (C=O) groups excluding carboxylic acids is 1. The van der Waals surface area contributed by atoms with Crippen LogP contribution < -0.4 is 10.6 Å². The normalized spacial score (nSPS) is 11.1. The van der Waals surface area contributed by atoms with Gasteiger partial charge in [0, 0.05) is 16.4 Å². The summed E-state index contributed by atoms with van der Waals surface area (Å²) in [5.74, 6) is -0.221. The van der Waals surface area contributed by atoms with Gasteiger partial charge >= 0.3 is 0 Å². The van der Waals surface area contributed by atoms with Crippen molar-refractivity contribution in [1.29, 1.82) is 0 Å². The van der Waals surface area contributed by atoms with Crippen molar-refractivity contribution in [2.45, 2.75) is 11.8 Å². The lowest BCUT2D eigenvalue weighted by Crippen LogP contribution is -2.22. The third kappa shape index (κ3) is 4.56. The van der Waals surface area contributed by atoms with E-state index in [0.29, 0.717) is 16.9 Å². The van der Waals surface area contributed by atoms with Gasteiger partial charge in [0.15, 0.2) is 9.84 Å². The summed E-state index contributed by atoms with van der Waals surface area (Å²) in [4.78, 5) is 12.3. The van der Waals surface area contributed by atoms with E-state index in [0.717, 1.165) is 4.47 Å². The number of sulfone groups is 1. The zero-order valence-electron chi connectivity index (χ0n) is 12.8. The summed E-state index contributed by atoms with van der Waals surface area (Å²) in [5, 5.41) is 5.75. The molecule has 122 valence electrons. The van der Waals surface area contributed by atoms with E-state index in [4.69, 9.17) is 0 Å². The van der Waals surface area contributed by atoms with Crippen molar-refractivity contribution in [2.75, 3.05) is 23.4 Å². The number of halogens is 1. The Hall–Kier alpha value is -1.86. The van der Waals surface area contributed by atoms with Crippen LogP contribution in [0.25, 0.3) is 0 Å². The van der Waals surface area contributed by atoms with Crippen LogP contribution in [0.15, 0.2) is 51.8 Å². The Morgan fingerprint density at radius 2 is 1.74 bits per heavy atom. The van der Waals surface area contributed by atoms with Crippen LogP contribution in [-0.2, 0) is 14.6 Å². The van der Waals surface area contributed by atoms with Gasteiger partial charge in [-0.2, -0.15) is 0 Å². The minimum Gasteiger partial charge on any atom is -0.376 e. The molecule has 0 aliphatic rings. The molecule has 1 amide bonds. The molecule has 7 heteroatoms. The molecule has 0 unspecified atom stereocenters. The molecule has 2 aromatic rings. The number of benzene rings is 2. The van der Waals surface area contributed by atoms with Crippen molar-refractivity contribution in [3.63, 3.8) is 0 Å². The monoisotopic (exact) mass is 396 g/mol. The van der Waals surface area contributed by atoms with Crippen LogP contribution in [0.1, 0.15) is 5.56 Å². The average molecular weight is 397 g/mol. The molecule has 0 spiro atoms. The van der Waals surface area contributed by atoms with Gasteiger partial charge in [0.1, 0.15) is 0 Å². The number of hydrogen-bond acceptors (Lipinski definition) is 4. The number of carbonyl (C=O) groups is 1. The maximum absolute atomic E-state index is 12.0. The second-order valence-corrected chi connectivity index (χ2v) is 7.92. The summed E-state index contributed by atoms with van der Waals surface area (Å²) < 4.78 is 24.2. The molecule has 2 N–H and O–H groups in total. The molecule has 0 saturated heterocycles. The zero-order valence-corrected chi connectivity index (χ0v) is 15.2. The number of rotatable bonds is 5. The minimum atomic E-state index is -3.30. The predicted molar refractivity (Wildman–Crippen MR) is 95.6 cm³/mol. The molecule has 0 fully saturated rings. The highest BCUT2D eigenvalue weighted by Gasteiger charge is 2.13. The van der Waals surface area contributed by atoms with Crippen LogP contribution in [0.3, 0.4) is 0 Å². The Balaban J connectivity index is 2.07. The predicted octanol–water partition coefficient (Wildman–Crippen LogP) is 3.21. The van der Waals surface area contributed by atoms with E-state index >= 15 is 0 Å². The number of nitrogens with one attached hydrogen (secondary N) is 2. The van der Waals surface area contributed by atoms with Crippen molar-refractivity contribution in [3.05, 3.63) is 52.5 Å². The second-order valence-electron chi connectivity index (χ2n) is 5.08. The Morgan fingerprint density at radius 1 is 1.09 bits per heavy atom. The van der Waals surface area contributed by atoms with Crippen molar-refractivity contribution < 1.29 is 13.2 Å². The van der Waals surface area contributed by atoms with E-state index < -0.39 is 9.84 Å². The lowest BCUT2D eigenvalue weighted by molar-refractivity contribution is -0.114. The van der Waals surface area contributed by atoms with Gasteiger partial charge in [-0.15, -0.1) is 0 Å². The van der Waals surface area contributed by atoms with Crippen LogP contribution >= 0.6 is 15.9 Å². The van der Waals surface area contributed by atoms with Crippen molar-refractivity contribution in [1.82, 2.24) is 0 Å². The average Bonchev–Trinajstić information content (AvgIpc) is 2.47. The number of hydrogen-bond donors (Lipinski definition) is 2. The highest BCUT2D eigenvalue weighted by Crippen LogP contribution is 2.23. The van der Waals surface area contributed by atoms with Gasteiger partial charge < -0.3 is 10.6 Å². The van der Waals surface area contributed by atoms with E-state index in [9.17, 15) is 13.2 Å². The largest absolute Gasteiger partial charge is 0.376 e. The van der Waals surface area contributed by atoms with Gasteiger partial charge in [-0.3, -0.25) is 4.79 Å². The van der Waals surface area contributed by atoms with Gasteiger partial charge in [-0.1, -0.05) is 18.2 Å². The van der Waals surface area contributed by atoms with Crippen LogP contribution in [-0.4, -0.2) is 27.1 Å². The number of amides is 1. The van der Waals surface area contributed by atoms with Gasteiger partial charge in [0.25, 0.3) is 0 Å². The summed E-state index contributed by atoms with van der Waals surface area (Å²) in [7, 11) is -3.30. The molecule has 0 saturated carbocycles. The molecule has 0 heterocycles. The smallest absolute Gasteiger partial charge is 0.243 e. The summed E-state index contributed by atoms with van der Waals surface area (Å²) in [6.45, 7) is 1.75. The molecular weight excluding hydrogens is 380 g/mol. The maximum Gasteiger partial charge on any atom is 0.243 e. The number of anilines is 2. The Bertz CT molecular complexity index is 835. The van der Waals surface area contributed by atoms with Gasteiger partial charge in [0.05, 0.1) is 17.1 Å². The fourth-order valence-electron chi connectivity index (χ4n) is 2.14. The third-order valence-electron chi connectivity index (χ3n) is 3.27. The van der Waals surface area contributed by atoms with Crippen LogP contribution in [0, 0.1) is 6.92 Å². The lowest BCUT2D eigenvalue weighted by Gasteiger charge is -2.13. The van der Waals surface area contributed by atoms with Crippen LogP contribution in [0.4, 0.5) is 11.4 Å².